The van der Waals surface area contributed by atoms with Gasteiger partial charge in [0.25, 0.3) is 0 Å². The molecule has 22 heavy (non-hydrogen) atoms. The SMILES string of the molecule is CC.NCc1cccc(CS(=O)(=O)Cc2ccc(F)cc2)c1. The van der Waals surface area contributed by atoms with E-state index in [1.165, 1.54) is 24.3 Å². The average Bonchev–Trinajstić information content (AvgIpc) is 2.51. The summed E-state index contributed by atoms with van der Waals surface area (Å²) in [5.41, 5.74) is 7.74. The van der Waals surface area contributed by atoms with Crippen molar-refractivity contribution in [3.63, 3.8) is 0 Å². The van der Waals surface area contributed by atoms with Crippen LogP contribution < -0.4 is 5.73 Å². The molecule has 0 aliphatic heterocycles. The van der Waals surface area contributed by atoms with Gasteiger partial charge >= 0.3 is 0 Å². The largest absolute Gasteiger partial charge is 0.326 e. The van der Waals surface area contributed by atoms with Gasteiger partial charge in [0.05, 0.1) is 11.5 Å². The number of hydrogen-bond acceptors (Lipinski definition) is 3. The lowest BCUT2D eigenvalue weighted by Gasteiger charge is -2.06. The summed E-state index contributed by atoms with van der Waals surface area (Å²) in [5, 5.41) is 0. The van der Waals surface area contributed by atoms with E-state index in [1.807, 2.05) is 19.9 Å². The Kier molecular flexibility index (Phi) is 7.21. The van der Waals surface area contributed by atoms with Crippen LogP contribution in [0.4, 0.5) is 4.39 Å². The van der Waals surface area contributed by atoms with E-state index in [1.54, 1.807) is 18.2 Å². The molecule has 0 aliphatic carbocycles. The van der Waals surface area contributed by atoms with Crippen molar-refractivity contribution in [2.45, 2.75) is 31.9 Å². The van der Waals surface area contributed by atoms with Crippen LogP contribution in [0.1, 0.15) is 30.5 Å². The lowest BCUT2D eigenvalue weighted by atomic mass is 10.1. The predicted octanol–water partition coefficient (Wildman–Crippen LogP) is 3.43. The highest BCUT2D eigenvalue weighted by atomic mass is 32.2. The van der Waals surface area contributed by atoms with Gasteiger partial charge in [0.1, 0.15) is 5.82 Å². The standard InChI is InChI=1S/C15H16FNO2S.C2H6/c16-15-6-4-12(5-7-15)10-20(18,19)11-14-3-1-2-13(8-14)9-17;1-2/h1-8H,9-11,17H2;1-2H3. The highest BCUT2D eigenvalue weighted by Gasteiger charge is 2.13. The van der Waals surface area contributed by atoms with Gasteiger partial charge in [-0.3, -0.25) is 0 Å². The lowest BCUT2D eigenvalue weighted by molar-refractivity contribution is 0.594. The topological polar surface area (TPSA) is 60.2 Å². The first-order valence-electron chi connectivity index (χ1n) is 7.21. The zero-order chi connectivity index (χ0) is 16.6. The predicted molar refractivity (Wildman–Crippen MR) is 88.4 cm³/mol. The molecule has 0 fully saturated rings. The van der Waals surface area contributed by atoms with Crippen molar-refractivity contribution in [3.05, 3.63) is 71.0 Å². The van der Waals surface area contributed by atoms with Crippen LogP contribution in [-0.4, -0.2) is 8.42 Å². The summed E-state index contributed by atoms with van der Waals surface area (Å²) in [6.07, 6.45) is 0. The normalized spacial score (nSPS) is 10.7. The highest BCUT2D eigenvalue weighted by Crippen LogP contribution is 2.14. The molecule has 0 atom stereocenters. The molecule has 0 aromatic heterocycles. The maximum atomic E-state index is 12.8. The summed E-state index contributed by atoms with van der Waals surface area (Å²) in [7, 11) is -3.29. The van der Waals surface area contributed by atoms with Crippen LogP contribution in [0.15, 0.2) is 48.5 Å². The summed E-state index contributed by atoms with van der Waals surface area (Å²) < 4.78 is 37.0. The van der Waals surface area contributed by atoms with Crippen LogP contribution in [0.25, 0.3) is 0 Å². The fourth-order valence-electron chi connectivity index (χ4n) is 1.99. The average molecular weight is 323 g/mol. The molecule has 0 heterocycles. The molecule has 2 aromatic rings. The van der Waals surface area contributed by atoms with Crippen LogP contribution >= 0.6 is 0 Å². The molecule has 0 aliphatic rings. The molecule has 0 saturated carbocycles. The molecule has 0 bridgehead atoms. The maximum Gasteiger partial charge on any atom is 0.158 e. The van der Waals surface area contributed by atoms with Gasteiger partial charge in [0.2, 0.25) is 0 Å². The second-order valence-electron chi connectivity index (χ2n) is 4.68. The molecule has 2 N–H and O–H groups in total. The third kappa shape index (κ3) is 5.95. The third-order valence-corrected chi connectivity index (χ3v) is 4.46. The van der Waals surface area contributed by atoms with E-state index in [-0.39, 0.29) is 17.3 Å². The van der Waals surface area contributed by atoms with E-state index >= 15 is 0 Å². The smallest absolute Gasteiger partial charge is 0.158 e. The number of hydrogen-bond donors (Lipinski definition) is 1. The lowest BCUT2D eigenvalue weighted by Crippen LogP contribution is -2.08. The van der Waals surface area contributed by atoms with Gasteiger partial charge in [-0.25, -0.2) is 12.8 Å². The van der Waals surface area contributed by atoms with E-state index in [9.17, 15) is 12.8 Å². The van der Waals surface area contributed by atoms with E-state index in [0.717, 1.165) is 11.1 Å². The molecule has 2 rings (SSSR count). The van der Waals surface area contributed by atoms with Gasteiger partial charge in [-0.15, -0.1) is 0 Å². The summed E-state index contributed by atoms with van der Waals surface area (Å²) in [4.78, 5) is 0. The Morgan fingerprint density at radius 2 is 1.45 bits per heavy atom. The molecule has 5 heteroatoms. The molecular formula is C17H22FNO2S. The molecule has 2 aromatic carbocycles. The monoisotopic (exact) mass is 323 g/mol. The van der Waals surface area contributed by atoms with E-state index in [2.05, 4.69) is 0 Å². The van der Waals surface area contributed by atoms with Gasteiger partial charge in [-0.1, -0.05) is 50.2 Å². The minimum atomic E-state index is -3.29. The number of nitrogens with two attached hydrogens (primary N) is 1. The number of halogens is 1. The van der Waals surface area contributed by atoms with Crippen LogP contribution in [0.3, 0.4) is 0 Å². The first kappa shape index (κ1) is 18.3. The minimum absolute atomic E-state index is 0.0434. The number of rotatable bonds is 5. The van der Waals surface area contributed by atoms with Crippen LogP contribution in [0.2, 0.25) is 0 Å². The van der Waals surface area contributed by atoms with Gasteiger partial charge in [0, 0.05) is 6.54 Å². The second-order valence-corrected chi connectivity index (χ2v) is 6.75. The van der Waals surface area contributed by atoms with Crippen molar-refractivity contribution in [1.82, 2.24) is 0 Å². The van der Waals surface area contributed by atoms with Gasteiger partial charge < -0.3 is 5.73 Å². The highest BCUT2D eigenvalue weighted by molar-refractivity contribution is 7.89. The maximum absolute atomic E-state index is 12.8. The molecule has 0 spiro atoms. The molecule has 0 radical (unpaired) electrons. The fourth-order valence-corrected chi connectivity index (χ4v) is 3.48. The van der Waals surface area contributed by atoms with Crippen molar-refractivity contribution < 1.29 is 12.8 Å². The number of sulfone groups is 1. The van der Waals surface area contributed by atoms with Crippen molar-refractivity contribution >= 4 is 9.84 Å². The first-order valence-corrected chi connectivity index (χ1v) is 9.03. The molecule has 3 nitrogen and oxygen atoms in total. The Balaban J connectivity index is 0.00000116. The first-order chi connectivity index (χ1) is 10.5. The van der Waals surface area contributed by atoms with Crippen molar-refractivity contribution in [2.75, 3.05) is 0 Å². The summed E-state index contributed by atoms with van der Waals surface area (Å²) in [5.74, 6) is -0.514. The molecule has 120 valence electrons. The zero-order valence-corrected chi connectivity index (χ0v) is 13.7. The van der Waals surface area contributed by atoms with Crippen molar-refractivity contribution in [3.8, 4) is 0 Å². The molecule has 0 amide bonds. The van der Waals surface area contributed by atoms with E-state index in [0.29, 0.717) is 12.1 Å². The molecular weight excluding hydrogens is 301 g/mol. The van der Waals surface area contributed by atoms with Gasteiger partial charge in [-0.2, -0.15) is 0 Å². The summed E-state index contributed by atoms with van der Waals surface area (Å²) >= 11 is 0. The van der Waals surface area contributed by atoms with Gasteiger partial charge in [-0.05, 0) is 28.8 Å². The van der Waals surface area contributed by atoms with Crippen LogP contribution in [0.5, 0.6) is 0 Å². The van der Waals surface area contributed by atoms with E-state index in [4.69, 9.17) is 5.73 Å². The second kappa shape index (κ2) is 8.66. The Hall–Kier alpha value is -1.72. The van der Waals surface area contributed by atoms with Crippen LogP contribution in [0, 0.1) is 5.82 Å². The summed E-state index contributed by atoms with van der Waals surface area (Å²) in [6.45, 7) is 4.38. The van der Waals surface area contributed by atoms with Crippen LogP contribution in [-0.2, 0) is 27.9 Å². The minimum Gasteiger partial charge on any atom is -0.326 e. The Bertz CT molecular complexity index is 682. The van der Waals surface area contributed by atoms with E-state index < -0.39 is 9.84 Å². The van der Waals surface area contributed by atoms with Crippen molar-refractivity contribution in [1.29, 1.82) is 0 Å². The quantitative estimate of drug-likeness (QED) is 0.917. The fraction of sp³-hybridized carbons (Fsp3) is 0.294. The Morgan fingerprint density at radius 1 is 0.909 bits per heavy atom. The van der Waals surface area contributed by atoms with Crippen molar-refractivity contribution in [2.24, 2.45) is 5.73 Å². The molecule has 0 saturated heterocycles. The Morgan fingerprint density at radius 3 is 2.05 bits per heavy atom. The number of benzene rings is 2. The van der Waals surface area contributed by atoms with Gasteiger partial charge in [0.15, 0.2) is 9.84 Å². The zero-order valence-electron chi connectivity index (χ0n) is 12.9. The molecule has 0 unspecified atom stereocenters. The Labute approximate surface area is 131 Å². The summed E-state index contributed by atoms with van der Waals surface area (Å²) in [6, 6.07) is 12.7. The third-order valence-electron chi connectivity index (χ3n) is 2.91.